The summed E-state index contributed by atoms with van der Waals surface area (Å²) in [5.41, 5.74) is 3.22. The standard InChI is InChI=1S/C15H26BNO/c1-11-9-10-13(12(2)17-11)16(8)18-15(6,7)14(3,4)5/h9-10H,1-8H3. The molecule has 100 valence electrons. The third kappa shape index (κ3) is 3.35. The van der Waals surface area contributed by atoms with Crippen LogP contribution in [-0.2, 0) is 4.65 Å². The highest BCUT2D eigenvalue weighted by molar-refractivity contribution is 6.66. The Morgan fingerprint density at radius 3 is 2.06 bits per heavy atom. The van der Waals surface area contributed by atoms with Crippen molar-refractivity contribution >= 4 is 12.4 Å². The van der Waals surface area contributed by atoms with Crippen molar-refractivity contribution in [2.45, 2.75) is 60.9 Å². The summed E-state index contributed by atoms with van der Waals surface area (Å²) in [5, 5.41) is 0. The molecule has 0 unspecified atom stereocenters. The Bertz CT molecular complexity index is 421. The Morgan fingerprint density at radius 2 is 1.61 bits per heavy atom. The van der Waals surface area contributed by atoms with Crippen molar-refractivity contribution in [3.8, 4) is 0 Å². The molecule has 3 heteroatoms. The fraction of sp³-hybridized carbons (Fsp3) is 0.667. The zero-order valence-corrected chi connectivity index (χ0v) is 13.1. The Labute approximate surface area is 112 Å². The molecule has 0 atom stereocenters. The molecule has 18 heavy (non-hydrogen) atoms. The van der Waals surface area contributed by atoms with Gasteiger partial charge in [-0.15, -0.1) is 0 Å². The Balaban J connectivity index is 2.92. The summed E-state index contributed by atoms with van der Waals surface area (Å²) in [6.07, 6.45) is 0. The van der Waals surface area contributed by atoms with Gasteiger partial charge in [-0.05, 0) is 44.6 Å². The van der Waals surface area contributed by atoms with Crippen LogP contribution in [0.25, 0.3) is 0 Å². The Kier molecular flexibility index (Phi) is 4.27. The van der Waals surface area contributed by atoms with Crippen LogP contribution in [0.2, 0.25) is 6.82 Å². The maximum absolute atomic E-state index is 6.27. The van der Waals surface area contributed by atoms with Crippen LogP contribution in [0.15, 0.2) is 12.1 Å². The van der Waals surface area contributed by atoms with Crippen molar-refractivity contribution in [2.75, 3.05) is 0 Å². The molecule has 2 nitrogen and oxygen atoms in total. The van der Waals surface area contributed by atoms with Crippen LogP contribution in [0.3, 0.4) is 0 Å². The molecule has 1 aromatic heterocycles. The van der Waals surface area contributed by atoms with Crippen LogP contribution in [-0.4, -0.2) is 17.5 Å². The van der Waals surface area contributed by atoms with Gasteiger partial charge < -0.3 is 4.65 Å². The first-order valence-corrected chi connectivity index (χ1v) is 6.66. The minimum atomic E-state index is -0.177. The van der Waals surface area contributed by atoms with Crippen molar-refractivity contribution in [3.63, 3.8) is 0 Å². The molecule has 0 saturated heterocycles. The van der Waals surface area contributed by atoms with Gasteiger partial charge >= 0.3 is 6.92 Å². The van der Waals surface area contributed by atoms with E-state index in [1.807, 2.05) is 19.9 Å². The Morgan fingerprint density at radius 1 is 1.06 bits per heavy atom. The molecule has 0 spiro atoms. The van der Waals surface area contributed by atoms with Crippen molar-refractivity contribution < 1.29 is 4.65 Å². The molecular weight excluding hydrogens is 221 g/mol. The number of hydrogen-bond acceptors (Lipinski definition) is 2. The third-order valence-corrected chi connectivity index (χ3v) is 3.98. The van der Waals surface area contributed by atoms with Gasteiger partial charge in [0.05, 0.1) is 5.60 Å². The van der Waals surface area contributed by atoms with E-state index in [4.69, 9.17) is 4.65 Å². The molecule has 1 heterocycles. The van der Waals surface area contributed by atoms with Gasteiger partial charge in [0.2, 0.25) is 0 Å². The van der Waals surface area contributed by atoms with Gasteiger partial charge in [0.25, 0.3) is 0 Å². The van der Waals surface area contributed by atoms with E-state index in [1.54, 1.807) is 0 Å². The molecule has 1 aromatic rings. The summed E-state index contributed by atoms with van der Waals surface area (Å²) in [6, 6.07) is 4.17. The molecule has 0 aliphatic heterocycles. The zero-order chi connectivity index (χ0) is 14.1. The molecule has 0 radical (unpaired) electrons. The second-order valence-electron chi connectivity index (χ2n) is 6.65. The molecule has 0 N–H and O–H groups in total. The SMILES string of the molecule is CB(OC(C)(C)C(C)(C)C)c1ccc(C)nc1C. The maximum Gasteiger partial charge on any atom is 0.326 e. The number of hydrogen-bond donors (Lipinski definition) is 0. The lowest BCUT2D eigenvalue weighted by Crippen LogP contribution is -2.47. The van der Waals surface area contributed by atoms with Crippen molar-refractivity contribution in [1.29, 1.82) is 0 Å². The first-order chi connectivity index (χ1) is 8.04. The summed E-state index contributed by atoms with van der Waals surface area (Å²) in [7, 11) is 0. The third-order valence-electron chi connectivity index (χ3n) is 3.98. The fourth-order valence-electron chi connectivity index (χ4n) is 1.81. The van der Waals surface area contributed by atoms with Crippen LogP contribution in [0, 0.1) is 19.3 Å². The van der Waals surface area contributed by atoms with E-state index in [2.05, 4.69) is 52.5 Å². The predicted molar refractivity (Wildman–Crippen MR) is 79.6 cm³/mol. The molecular formula is C15H26BNO. The van der Waals surface area contributed by atoms with Crippen molar-refractivity contribution in [2.24, 2.45) is 5.41 Å². The largest absolute Gasteiger partial charge is 0.426 e. The number of aryl methyl sites for hydroxylation is 2. The van der Waals surface area contributed by atoms with Gasteiger partial charge in [-0.25, -0.2) is 0 Å². The highest BCUT2D eigenvalue weighted by Gasteiger charge is 2.36. The lowest BCUT2D eigenvalue weighted by Gasteiger charge is -2.41. The van der Waals surface area contributed by atoms with Crippen molar-refractivity contribution in [3.05, 3.63) is 23.5 Å². The molecule has 0 aliphatic rings. The van der Waals surface area contributed by atoms with E-state index in [9.17, 15) is 0 Å². The summed E-state index contributed by atoms with van der Waals surface area (Å²) < 4.78 is 6.27. The molecule has 1 rings (SSSR count). The Hall–Kier alpha value is -0.825. The van der Waals surface area contributed by atoms with Gasteiger partial charge in [0.15, 0.2) is 0 Å². The van der Waals surface area contributed by atoms with E-state index in [0.29, 0.717) is 0 Å². The topological polar surface area (TPSA) is 22.1 Å². The minimum Gasteiger partial charge on any atom is -0.426 e. The number of pyridine rings is 1. The summed E-state index contributed by atoms with van der Waals surface area (Å²) in [5.74, 6) is 0. The van der Waals surface area contributed by atoms with Gasteiger partial charge in [-0.2, -0.15) is 0 Å². The number of rotatable bonds is 3. The van der Waals surface area contributed by atoms with Gasteiger partial charge in [-0.1, -0.05) is 33.7 Å². The number of aromatic nitrogens is 1. The van der Waals surface area contributed by atoms with E-state index in [1.165, 1.54) is 5.46 Å². The van der Waals surface area contributed by atoms with Gasteiger partial charge in [0.1, 0.15) is 0 Å². The van der Waals surface area contributed by atoms with Gasteiger partial charge in [0, 0.05) is 11.4 Å². The lowest BCUT2D eigenvalue weighted by atomic mass is 9.61. The molecule has 0 aromatic carbocycles. The monoisotopic (exact) mass is 247 g/mol. The maximum atomic E-state index is 6.27. The lowest BCUT2D eigenvalue weighted by molar-refractivity contribution is 0.000422. The molecule has 0 fully saturated rings. The second kappa shape index (κ2) is 5.04. The van der Waals surface area contributed by atoms with Crippen LogP contribution in [0.4, 0.5) is 0 Å². The smallest absolute Gasteiger partial charge is 0.326 e. The summed E-state index contributed by atoms with van der Waals surface area (Å²) >= 11 is 0. The number of nitrogens with zero attached hydrogens (tertiary/aromatic N) is 1. The van der Waals surface area contributed by atoms with E-state index >= 15 is 0 Å². The van der Waals surface area contributed by atoms with Crippen LogP contribution in [0.5, 0.6) is 0 Å². The average molecular weight is 247 g/mol. The zero-order valence-electron chi connectivity index (χ0n) is 13.1. The summed E-state index contributed by atoms with van der Waals surface area (Å²) in [6.45, 7) is 17.2. The normalized spacial score (nSPS) is 12.7. The van der Waals surface area contributed by atoms with E-state index in [-0.39, 0.29) is 17.9 Å². The molecule has 0 amide bonds. The van der Waals surface area contributed by atoms with E-state index < -0.39 is 0 Å². The van der Waals surface area contributed by atoms with Crippen LogP contribution < -0.4 is 5.46 Å². The van der Waals surface area contributed by atoms with Crippen LogP contribution in [0.1, 0.15) is 46.0 Å². The first kappa shape index (κ1) is 15.2. The van der Waals surface area contributed by atoms with Crippen LogP contribution >= 0.6 is 0 Å². The average Bonchev–Trinajstić information content (AvgIpc) is 2.14. The second-order valence-corrected chi connectivity index (χ2v) is 6.65. The first-order valence-electron chi connectivity index (χ1n) is 6.66. The molecule has 0 bridgehead atoms. The quantitative estimate of drug-likeness (QED) is 0.764. The fourth-order valence-corrected chi connectivity index (χ4v) is 1.81. The van der Waals surface area contributed by atoms with E-state index in [0.717, 1.165) is 11.4 Å². The summed E-state index contributed by atoms with van der Waals surface area (Å²) in [4.78, 5) is 4.51. The minimum absolute atomic E-state index is 0.0623. The van der Waals surface area contributed by atoms with Gasteiger partial charge in [-0.3, -0.25) is 4.98 Å². The molecule has 0 saturated carbocycles. The highest BCUT2D eigenvalue weighted by Crippen LogP contribution is 2.33. The molecule has 0 aliphatic carbocycles. The highest BCUT2D eigenvalue weighted by atomic mass is 16.5. The van der Waals surface area contributed by atoms with Crippen molar-refractivity contribution in [1.82, 2.24) is 4.98 Å². The predicted octanol–water partition coefficient (Wildman–Crippen LogP) is 3.37.